The molecule has 0 atom stereocenters. The number of furan rings is 1. The van der Waals surface area contributed by atoms with Crippen molar-refractivity contribution in [1.29, 1.82) is 0 Å². The largest absolute Gasteiger partial charge is 0.495 e. The molecule has 0 saturated carbocycles. The number of benzene rings is 1. The fraction of sp³-hybridized carbons (Fsp3) is 0.350. The number of aryl methyl sites for hydroxylation is 2. The maximum atomic E-state index is 13.0. The lowest BCUT2D eigenvalue weighted by Crippen LogP contribution is -2.24. The summed E-state index contributed by atoms with van der Waals surface area (Å²) in [6.07, 6.45) is 1.46. The first kappa shape index (κ1) is 18.7. The Balaban J connectivity index is 2.08. The highest BCUT2D eigenvalue weighted by molar-refractivity contribution is 6.13. The van der Waals surface area contributed by atoms with Gasteiger partial charge < -0.3 is 14.5 Å². The van der Waals surface area contributed by atoms with Crippen LogP contribution in [0.2, 0.25) is 0 Å². The van der Waals surface area contributed by atoms with E-state index in [1.54, 1.807) is 13.0 Å². The minimum atomic E-state index is -0.434. The van der Waals surface area contributed by atoms with Crippen LogP contribution in [0.25, 0.3) is 11.1 Å². The predicted octanol–water partition coefficient (Wildman–Crippen LogP) is 3.52. The van der Waals surface area contributed by atoms with Crippen LogP contribution in [0.4, 0.5) is 5.69 Å². The van der Waals surface area contributed by atoms with E-state index in [0.717, 1.165) is 5.56 Å². The van der Waals surface area contributed by atoms with E-state index in [0.29, 0.717) is 23.7 Å². The molecular weight excluding hydrogens is 346 g/mol. The average Bonchev–Trinajstić information content (AvgIpc) is 2.94. The fourth-order valence-electron chi connectivity index (χ4n) is 3.04. The van der Waals surface area contributed by atoms with Crippen molar-refractivity contribution in [3.63, 3.8) is 0 Å². The Hall–Kier alpha value is -3.09. The predicted molar refractivity (Wildman–Crippen MR) is 104 cm³/mol. The molecule has 1 N–H and O–H groups in total. The molecule has 2 heterocycles. The molecule has 0 aliphatic heterocycles. The monoisotopic (exact) mass is 369 g/mol. The van der Waals surface area contributed by atoms with Crippen molar-refractivity contribution in [2.24, 2.45) is 5.92 Å². The minimum absolute atomic E-state index is 0.166. The summed E-state index contributed by atoms with van der Waals surface area (Å²) >= 11 is 0. The second kappa shape index (κ2) is 7.26. The van der Waals surface area contributed by atoms with Gasteiger partial charge in [-0.1, -0.05) is 19.9 Å². The van der Waals surface area contributed by atoms with E-state index in [2.05, 4.69) is 10.3 Å². The zero-order chi connectivity index (χ0) is 19.7. The van der Waals surface area contributed by atoms with E-state index in [4.69, 9.17) is 9.15 Å². The molecule has 1 amide bonds. The second-order valence-corrected chi connectivity index (χ2v) is 6.97. The van der Waals surface area contributed by atoms with E-state index in [1.165, 1.54) is 18.0 Å². The maximum absolute atomic E-state index is 13.0. The molecule has 0 bridgehead atoms. The van der Waals surface area contributed by atoms with Crippen LogP contribution in [-0.2, 0) is 6.54 Å². The van der Waals surface area contributed by atoms with Crippen molar-refractivity contribution >= 4 is 22.7 Å². The van der Waals surface area contributed by atoms with Gasteiger partial charge in [0.1, 0.15) is 23.2 Å². The Morgan fingerprint density at radius 2 is 2.07 bits per heavy atom. The number of ether oxygens (including phenoxy) is 1. The zero-order valence-electron chi connectivity index (χ0n) is 16.1. The van der Waals surface area contributed by atoms with Crippen LogP contribution in [-0.4, -0.2) is 22.6 Å². The Labute approximate surface area is 157 Å². The molecule has 27 heavy (non-hydrogen) atoms. The van der Waals surface area contributed by atoms with E-state index < -0.39 is 5.91 Å². The summed E-state index contributed by atoms with van der Waals surface area (Å²) in [5.41, 5.74) is 1.58. The van der Waals surface area contributed by atoms with Crippen molar-refractivity contribution in [2.45, 2.75) is 34.2 Å². The highest BCUT2D eigenvalue weighted by Gasteiger charge is 2.24. The van der Waals surface area contributed by atoms with Crippen LogP contribution in [0.1, 0.15) is 35.5 Å². The number of carbonyl (C=O) groups is 1. The van der Waals surface area contributed by atoms with Gasteiger partial charge in [0.05, 0.1) is 18.4 Å². The molecule has 142 valence electrons. The van der Waals surface area contributed by atoms with Gasteiger partial charge in [0.2, 0.25) is 5.71 Å². The van der Waals surface area contributed by atoms with Gasteiger partial charge in [-0.2, -0.15) is 0 Å². The van der Waals surface area contributed by atoms with Gasteiger partial charge in [0, 0.05) is 6.54 Å². The van der Waals surface area contributed by atoms with Crippen molar-refractivity contribution in [1.82, 2.24) is 9.55 Å². The van der Waals surface area contributed by atoms with Crippen LogP contribution in [0, 0.1) is 19.8 Å². The normalized spacial score (nSPS) is 11.2. The van der Waals surface area contributed by atoms with Crippen molar-refractivity contribution in [3.8, 4) is 5.75 Å². The van der Waals surface area contributed by atoms with Gasteiger partial charge in [0.25, 0.3) is 11.5 Å². The number of anilines is 1. The van der Waals surface area contributed by atoms with Crippen molar-refractivity contribution < 1.29 is 13.9 Å². The van der Waals surface area contributed by atoms with Gasteiger partial charge in [-0.05, 0) is 37.5 Å². The van der Waals surface area contributed by atoms with Gasteiger partial charge in [-0.25, -0.2) is 4.98 Å². The number of nitrogens with one attached hydrogen (secondary N) is 1. The van der Waals surface area contributed by atoms with Crippen LogP contribution < -0.4 is 15.6 Å². The highest BCUT2D eigenvalue weighted by atomic mass is 16.5. The molecule has 7 nitrogen and oxygen atoms in total. The number of hydrogen-bond donors (Lipinski definition) is 1. The van der Waals surface area contributed by atoms with E-state index in [9.17, 15) is 9.59 Å². The molecule has 3 rings (SSSR count). The third kappa shape index (κ3) is 3.58. The van der Waals surface area contributed by atoms with Gasteiger partial charge >= 0.3 is 0 Å². The van der Waals surface area contributed by atoms with Gasteiger partial charge in [0.15, 0.2) is 0 Å². The molecule has 0 saturated heterocycles. The molecule has 0 aliphatic carbocycles. The van der Waals surface area contributed by atoms with Crippen LogP contribution in [0.5, 0.6) is 5.75 Å². The van der Waals surface area contributed by atoms with Gasteiger partial charge in [-0.15, -0.1) is 0 Å². The number of rotatable bonds is 5. The number of aromatic nitrogens is 2. The highest BCUT2D eigenvalue weighted by Crippen LogP contribution is 2.28. The molecule has 3 aromatic rings. The average molecular weight is 369 g/mol. The lowest BCUT2D eigenvalue weighted by Gasteiger charge is -2.11. The minimum Gasteiger partial charge on any atom is -0.495 e. The molecule has 1 aromatic carbocycles. The fourth-order valence-corrected chi connectivity index (χ4v) is 3.04. The molecule has 7 heteroatoms. The maximum Gasteiger partial charge on any atom is 0.265 e. The lowest BCUT2D eigenvalue weighted by molar-refractivity contribution is 0.102. The Morgan fingerprint density at radius 3 is 2.74 bits per heavy atom. The summed E-state index contributed by atoms with van der Waals surface area (Å²) in [6, 6.07) is 5.48. The second-order valence-electron chi connectivity index (χ2n) is 6.97. The topological polar surface area (TPSA) is 86.4 Å². The third-order valence-electron chi connectivity index (χ3n) is 4.25. The smallest absolute Gasteiger partial charge is 0.265 e. The number of methoxy groups -OCH3 is 1. The van der Waals surface area contributed by atoms with Crippen LogP contribution >= 0.6 is 0 Å². The molecular formula is C20H23N3O4. The summed E-state index contributed by atoms with van der Waals surface area (Å²) < 4.78 is 12.4. The lowest BCUT2D eigenvalue weighted by atomic mass is 10.1. The Morgan fingerprint density at radius 1 is 1.33 bits per heavy atom. The number of carbonyl (C=O) groups excluding carboxylic acids is 1. The van der Waals surface area contributed by atoms with Crippen molar-refractivity contribution in [2.75, 3.05) is 12.4 Å². The third-order valence-corrected chi connectivity index (χ3v) is 4.25. The van der Waals surface area contributed by atoms with Gasteiger partial charge in [-0.3, -0.25) is 14.2 Å². The number of amides is 1. The van der Waals surface area contributed by atoms with Crippen LogP contribution in [0.15, 0.2) is 33.7 Å². The summed E-state index contributed by atoms with van der Waals surface area (Å²) in [6.45, 7) is 8.10. The first-order chi connectivity index (χ1) is 12.8. The Bertz CT molecular complexity index is 1060. The van der Waals surface area contributed by atoms with E-state index >= 15 is 0 Å². The number of nitrogens with zero attached hydrogens (tertiary/aromatic N) is 2. The summed E-state index contributed by atoms with van der Waals surface area (Å²) in [5, 5.41) is 3.02. The van der Waals surface area contributed by atoms with E-state index in [-0.39, 0.29) is 28.1 Å². The zero-order valence-corrected chi connectivity index (χ0v) is 16.1. The first-order valence-electron chi connectivity index (χ1n) is 8.76. The summed E-state index contributed by atoms with van der Waals surface area (Å²) in [5.74, 6) is 0.718. The summed E-state index contributed by atoms with van der Waals surface area (Å²) in [4.78, 5) is 30.1. The molecule has 0 radical (unpaired) electrons. The quantitative estimate of drug-likeness (QED) is 0.743. The number of hydrogen-bond acceptors (Lipinski definition) is 5. The van der Waals surface area contributed by atoms with E-state index in [1.807, 2.05) is 32.9 Å². The standard InChI is InChI=1S/C20H23N3O4/c1-11(2)9-23-10-21-19-17(20(23)25)16(13(4)27-19)18(24)22-14-8-12(3)6-7-15(14)26-5/h6-8,10-11H,9H2,1-5H3,(H,22,24). The van der Waals surface area contributed by atoms with Crippen molar-refractivity contribution in [3.05, 3.63) is 51.8 Å². The molecule has 0 spiro atoms. The summed E-state index contributed by atoms with van der Waals surface area (Å²) in [7, 11) is 1.54. The molecule has 2 aromatic heterocycles. The molecule has 0 unspecified atom stereocenters. The Kier molecular flexibility index (Phi) is 5.03. The van der Waals surface area contributed by atoms with Crippen LogP contribution in [0.3, 0.4) is 0 Å². The molecule has 0 fully saturated rings. The SMILES string of the molecule is COc1ccc(C)cc1NC(=O)c1c(C)oc2ncn(CC(C)C)c(=O)c12. The molecule has 0 aliphatic rings. The first-order valence-corrected chi connectivity index (χ1v) is 8.76. The number of fused-ring (bicyclic) bond motifs is 1.